The first-order chi connectivity index (χ1) is 9.40. The molecule has 0 aromatic heterocycles. The van der Waals surface area contributed by atoms with Gasteiger partial charge in [-0.15, -0.1) is 0 Å². The zero-order chi connectivity index (χ0) is 15.3. The van der Waals surface area contributed by atoms with Gasteiger partial charge in [-0.1, -0.05) is 31.5 Å². The Morgan fingerprint density at radius 2 is 2.05 bits per heavy atom. The van der Waals surface area contributed by atoms with E-state index in [-0.39, 0.29) is 6.04 Å². The van der Waals surface area contributed by atoms with E-state index in [1.54, 1.807) is 7.11 Å². The highest BCUT2D eigenvalue weighted by molar-refractivity contribution is 14.1. The van der Waals surface area contributed by atoms with Gasteiger partial charge < -0.3 is 9.84 Å². The summed E-state index contributed by atoms with van der Waals surface area (Å²) in [7, 11) is 1.58. The molecular formula is C15H22INO3. The van der Waals surface area contributed by atoms with Crippen LogP contribution in [0.15, 0.2) is 24.3 Å². The van der Waals surface area contributed by atoms with Gasteiger partial charge in [0.25, 0.3) is 0 Å². The molecule has 0 radical (unpaired) electrons. The minimum atomic E-state index is -0.963. The van der Waals surface area contributed by atoms with Crippen molar-refractivity contribution in [1.82, 2.24) is 4.90 Å². The molecule has 0 spiro atoms. The lowest BCUT2D eigenvalue weighted by Crippen LogP contribution is -2.54. The van der Waals surface area contributed by atoms with E-state index in [9.17, 15) is 9.90 Å². The van der Waals surface area contributed by atoms with Crippen LogP contribution in [0.2, 0.25) is 0 Å². The Balaban J connectivity index is 3.49. The fourth-order valence-corrected chi connectivity index (χ4v) is 3.41. The molecule has 1 amide bonds. The maximum atomic E-state index is 11.7. The van der Waals surface area contributed by atoms with Crippen molar-refractivity contribution in [2.24, 2.45) is 0 Å². The van der Waals surface area contributed by atoms with Gasteiger partial charge in [-0.2, -0.15) is 0 Å². The van der Waals surface area contributed by atoms with Crippen molar-refractivity contribution in [1.29, 1.82) is 0 Å². The van der Waals surface area contributed by atoms with Crippen molar-refractivity contribution in [2.75, 3.05) is 7.11 Å². The van der Waals surface area contributed by atoms with Crippen molar-refractivity contribution in [3.63, 3.8) is 0 Å². The summed E-state index contributed by atoms with van der Waals surface area (Å²) in [4.78, 5) is 13.2. The van der Waals surface area contributed by atoms with E-state index in [2.05, 4.69) is 22.6 Å². The van der Waals surface area contributed by atoms with Crippen molar-refractivity contribution in [3.8, 4) is 0 Å². The topological polar surface area (TPSA) is 49.8 Å². The predicted octanol–water partition coefficient (Wildman–Crippen LogP) is 4.28. The van der Waals surface area contributed by atoms with Gasteiger partial charge in [-0.05, 0) is 48.9 Å². The molecular weight excluding hydrogens is 369 g/mol. The number of hydrogen-bond donors (Lipinski definition) is 1. The first-order valence-corrected chi connectivity index (χ1v) is 7.81. The van der Waals surface area contributed by atoms with Crippen molar-refractivity contribution < 1.29 is 14.6 Å². The molecule has 1 aromatic carbocycles. The standard InChI is InChI=1S/C15H22INO3/c1-5-10-15(20-4,17(11(2)3)14(18)19)12-8-6-7-9-13(12)16/h6-9,11H,5,10H2,1-4H3,(H,18,19). The summed E-state index contributed by atoms with van der Waals surface area (Å²) >= 11 is 2.23. The second kappa shape index (κ2) is 7.26. The number of ether oxygens (including phenoxy) is 1. The Morgan fingerprint density at radius 3 is 2.45 bits per heavy atom. The van der Waals surface area contributed by atoms with E-state index in [1.807, 2.05) is 45.0 Å². The quantitative estimate of drug-likeness (QED) is 0.582. The number of benzene rings is 1. The number of methoxy groups -OCH3 is 1. The Labute approximate surface area is 134 Å². The summed E-state index contributed by atoms with van der Waals surface area (Å²) in [6, 6.07) is 7.60. The van der Waals surface area contributed by atoms with E-state index in [0.29, 0.717) is 6.42 Å². The molecule has 112 valence electrons. The normalized spacial score (nSPS) is 14.1. The SMILES string of the molecule is CCCC(OC)(c1ccccc1I)N(C(=O)O)C(C)C. The van der Waals surface area contributed by atoms with Crippen LogP contribution < -0.4 is 0 Å². The predicted molar refractivity (Wildman–Crippen MR) is 87.8 cm³/mol. The van der Waals surface area contributed by atoms with Crippen LogP contribution in [0.25, 0.3) is 0 Å². The molecule has 1 aromatic rings. The van der Waals surface area contributed by atoms with E-state index in [4.69, 9.17) is 4.74 Å². The van der Waals surface area contributed by atoms with Gasteiger partial charge in [0.1, 0.15) is 0 Å². The molecule has 0 heterocycles. The van der Waals surface area contributed by atoms with Gasteiger partial charge >= 0.3 is 6.09 Å². The highest BCUT2D eigenvalue weighted by atomic mass is 127. The summed E-state index contributed by atoms with van der Waals surface area (Å²) in [5.74, 6) is 0. The third-order valence-electron chi connectivity index (χ3n) is 3.33. The average Bonchev–Trinajstić information content (AvgIpc) is 2.37. The highest BCUT2D eigenvalue weighted by Gasteiger charge is 2.43. The van der Waals surface area contributed by atoms with E-state index in [0.717, 1.165) is 15.6 Å². The van der Waals surface area contributed by atoms with Crippen LogP contribution in [0.4, 0.5) is 4.79 Å². The largest absolute Gasteiger partial charge is 0.465 e. The molecule has 0 aliphatic heterocycles. The Kier molecular flexibility index (Phi) is 6.26. The number of carbonyl (C=O) groups is 1. The lowest BCUT2D eigenvalue weighted by atomic mass is 9.94. The summed E-state index contributed by atoms with van der Waals surface area (Å²) in [6.45, 7) is 5.77. The monoisotopic (exact) mass is 391 g/mol. The fraction of sp³-hybridized carbons (Fsp3) is 0.533. The number of amides is 1. The molecule has 0 bridgehead atoms. The Hall–Kier alpha value is -0.820. The first-order valence-electron chi connectivity index (χ1n) is 6.73. The second-order valence-corrected chi connectivity index (χ2v) is 6.13. The number of carboxylic acid groups (broad SMARTS) is 1. The Morgan fingerprint density at radius 1 is 1.45 bits per heavy atom. The van der Waals surface area contributed by atoms with Gasteiger partial charge in [0.05, 0.1) is 0 Å². The number of hydrogen-bond acceptors (Lipinski definition) is 2. The second-order valence-electron chi connectivity index (χ2n) is 4.96. The van der Waals surface area contributed by atoms with E-state index >= 15 is 0 Å². The fourth-order valence-electron chi connectivity index (χ4n) is 2.60. The third-order valence-corrected chi connectivity index (χ3v) is 4.27. The first kappa shape index (κ1) is 17.2. The molecule has 0 saturated heterocycles. The van der Waals surface area contributed by atoms with Gasteiger partial charge in [0.2, 0.25) is 0 Å². The van der Waals surface area contributed by atoms with Crippen LogP contribution in [0.5, 0.6) is 0 Å². The van der Waals surface area contributed by atoms with E-state index < -0.39 is 11.8 Å². The molecule has 0 fully saturated rings. The van der Waals surface area contributed by atoms with Crippen LogP contribution in [-0.4, -0.2) is 29.3 Å². The lowest BCUT2D eigenvalue weighted by Gasteiger charge is -2.44. The Bertz CT molecular complexity index is 464. The molecule has 1 atom stereocenters. The zero-order valence-corrected chi connectivity index (χ0v) is 14.5. The molecule has 1 N–H and O–H groups in total. The number of nitrogens with zero attached hydrogens (tertiary/aromatic N) is 1. The van der Waals surface area contributed by atoms with Crippen LogP contribution in [0.1, 0.15) is 39.2 Å². The van der Waals surface area contributed by atoms with Gasteiger partial charge in [-0.3, -0.25) is 4.90 Å². The molecule has 1 rings (SSSR count). The summed E-state index contributed by atoms with van der Waals surface area (Å²) < 4.78 is 6.78. The third kappa shape index (κ3) is 3.25. The molecule has 5 heteroatoms. The number of rotatable bonds is 6. The van der Waals surface area contributed by atoms with E-state index in [1.165, 1.54) is 4.90 Å². The van der Waals surface area contributed by atoms with Crippen molar-refractivity contribution >= 4 is 28.7 Å². The molecule has 0 aliphatic carbocycles. The maximum Gasteiger partial charge on any atom is 0.410 e. The molecule has 20 heavy (non-hydrogen) atoms. The minimum absolute atomic E-state index is 0.171. The lowest BCUT2D eigenvalue weighted by molar-refractivity contribution is -0.145. The van der Waals surface area contributed by atoms with Crippen molar-refractivity contribution in [3.05, 3.63) is 33.4 Å². The minimum Gasteiger partial charge on any atom is -0.465 e. The highest BCUT2D eigenvalue weighted by Crippen LogP contribution is 2.38. The van der Waals surface area contributed by atoms with Gasteiger partial charge in [0, 0.05) is 22.3 Å². The molecule has 0 aliphatic rings. The van der Waals surface area contributed by atoms with Crippen LogP contribution in [0.3, 0.4) is 0 Å². The van der Waals surface area contributed by atoms with Crippen LogP contribution in [-0.2, 0) is 10.5 Å². The summed E-state index contributed by atoms with van der Waals surface area (Å²) in [5, 5.41) is 9.63. The van der Waals surface area contributed by atoms with Crippen molar-refractivity contribution in [2.45, 2.75) is 45.4 Å². The summed E-state index contributed by atoms with van der Waals surface area (Å²) in [5.41, 5.74) is -0.0342. The van der Waals surface area contributed by atoms with Gasteiger partial charge in [0.15, 0.2) is 5.72 Å². The van der Waals surface area contributed by atoms with Crippen LogP contribution >= 0.6 is 22.6 Å². The average molecular weight is 391 g/mol. The molecule has 4 nitrogen and oxygen atoms in total. The maximum absolute atomic E-state index is 11.7. The summed E-state index contributed by atoms with van der Waals surface area (Å²) in [6.07, 6.45) is 0.485. The van der Waals surface area contributed by atoms with Crippen LogP contribution in [0, 0.1) is 3.57 Å². The smallest absolute Gasteiger partial charge is 0.410 e. The molecule has 0 saturated carbocycles. The number of halogens is 1. The van der Waals surface area contributed by atoms with Gasteiger partial charge in [-0.25, -0.2) is 4.79 Å². The molecule has 1 unspecified atom stereocenters. The zero-order valence-electron chi connectivity index (χ0n) is 12.4.